The van der Waals surface area contributed by atoms with Crippen LogP contribution >= 0.6 is 0 Å². The Hall–Kier alpha value is -0.810. The highest BCUT2D eigenvalue weighted by Gasteiger charge is 2.19. The molecule has 0 heterocycles. The summed E-state index contributed by atoms with van der Waals surface area (Å²) in [5, 5.41) is 0. The molecule has 0 spiro atoms. The molecule has 2 unspecified atom stereocenters. The van der Waals surface area contributed by atoms with Gasteiger partial charge in [-0.2, -0.15) is 0 Å². The van der Waals surface area contributed by atoms with Crippen LogP contribution in [0.5, 0.6) is 0 Å². The first-order chi connectivity index (χ1) is 16.5. The van der Waals surface area contributed by atoms with E-state index in [1.807, 2.05) is 0 Å². The Morgan fingerprint density at radius 2 is 0.824 bits per heavy atom. The second-order valence-electron chi connectivity index (χ2n) is 9.93. The molecule has 0 saturated carbocycles. The number of hydrogen-bond donors (Lipinski definition) is 0. The van der Waals surface area contributed by atoms with Crippen molar-refractivity contribution in [2.45, 2.75) is 144 Å². The van der Waals surface area contributed by atoms with Crippen LogP contribution in [0.2, 0.25) is 0 Å². The molecule has 0 aromatic heterocycles. The standard InChI is InChI=1S/C29H60N2O3/c1-7-13-21-30(22-14-8-2)25-17-19-27(11-5)33-29(32)34-28(12-6)20-18-26-31(23-15-9-3)24-16-10-4/h27-28H,7-26H2,1-6H3. The van der Waals surface area contributed by atoms with Crippen LogP contribution in [-0.2, 0) is 9.47 Å². The fourth-order valence-corrected chi connectivity index (χ4v) is 4.28. The highest BCUT2D eigenvalue weighted by Crippen LogP contribution is 2.14. The molecule has 0 fully saturated rings. The molecule has 2 atom stereocenters. The lowest BCUT2D eigenvalue weighted by Gasteiger charge is -2.24. The van der Waals surface area contributed by atoms with Crippen LogP contribution in [0, 0.1) is 0 Å². The van der Waals surface area contributed by atoms with Gasteiger partial charge in [0.05, 0.1) is 0 Å². The Bertz CT molecular complexity index is 393. The minimum atomic E-state index is -0.471. The van der Waals surface area contributed by atoms with Crippen LogP contribution in [-0.4, -0.2) is 67.4 Å². The Morgan fingerprint density at radius 3 is 1.09 bits per heavy atom. The van der Waals surface area contributed by atoms with Crippen LogP contribution in [0.3, 0.4) is 0 Å². The van der Waals surface area contributed by atoms with E-state index >= 15 is 0 Å². The SMILES string of the molecule is CCCCN(CCCC)CCCC(CC)OC(=O)OC(CC)CCCN(CCCC)CCCC. The van der Waals surface area contributed by atoms with Gasteiger partial charge in [-0.25, -0.2) is 4.79 Å². The van der Waals surface area contributed by atoms with E-state index in [1.54, 1.807) is 0 Å². The average molecular weight is 485 g/mol. The maximum atomic E-state index is 12.5. The molecule has 0 aliphatic carbocycles. The summed E-state index contributed by atoms with van der Waals surface area (Å²) < 4.78 is 11.4. The highest BCUT2D eigenvalue weighted by molar-refractivity contribution is 5.60. The predicted octanol–water partition coefficient (Wildman–Crippen LogP) is 8.06. The summed E-state index contributed by atoms with van der Waals surface area (Å²) in [6.07, 6.45) is 15.1. The Labute approximate surface area is 213 Å². The number of rotatable bonds is 24. The van der Waals surface area contributed by atoms with Gasteiger partial charge >= 0.3 is 6.16 Å². The first-order valence-electron chi connectivity index (χ1n) is 14.9. The van der Waals surface area contributed by atoms with Gasteiger partial charge < -0.3 is 19.3 Å². The highest BCUT2D eigenvalue weighted by atomic mass is 16.7. The number of ether oxygens (including phenoxy) is 2. The molecule has 0 radical (unpaired) electrons. The molecule has 5 heteroatoms. The summed E-state index contributed by atoms with van der Waals surface area (Å²) in [6, 6.07) is 0. The third-order valence-electron chi connectivity index (χ3n) is 6.75. The zero-order valence-corrected chi connectivity index (χ0v) is 23.9. The molecule has 0 N–H and O–H groups in total. The van der Waals surface area contributed by atoms with Gasteiger partial charge in [0.2, 0.25) is 0 Å². The lowest BCUT2D eigenvalue weighted by molar-refractivity contribution is -0.00947. The monoisotopic (exact) mass is 484 g/mol. The Morgan fingerprint density at radius 1 is 0.529 bits per heavy atom. The lowest BCUT2D eigenvalue weighted by Crippen LogP contribution is -2.29. The number of nitrogens with zero attached hydrogens (tertiary/aromatic N) is 2. The maximum Gasteiger partial charge on any atom is 0.508 e. The van der Waals surface area contributed by atoms with E-state index < -0.39 is 6.16 Å². The van der Waals surface area contributed by atoms with Crippen LogP contribution in [0.25, 0.3) is 0 Å². The molecule has 5 nitrogen and oxygen atoms in total. The molecular weight excluding hydrogens is 424 g/mol. The van der Waals surface area contributed by atoms with E-state index in [4.69, 9.17) is 9.47 Å². The lowest BCUT2D eigenvalue weighted by atomic mass is 10.1. The van der Waals surface area contributed by atoms with E-state index in [2.05, 4.69) is 51.3 Å². The van der Waals surface area contributed by atoms with Crippen molar-refractivity contribution in [1.29, 1.82) is 0 Å². The van der Waals surface area contributed by atoms with Gasteiger partial charge in [-0.15, -0.1) is 0 Å². The largest absolute Gasteiger partial charge is 0.508 e. The first-order valence-corrected chi connectivity index (χ1v) is 14.9. The van der Waals surface area contributed by atoms with Crippen LogP contribution in [0.4, 0.5) is 4.79 Å². The second kappa shape index (κ2) is 23.9. The third-order valence-corrected chi connectivity index (χ3v) is 6.75. The molecule has 34 heavy (non-hydrogen) atoms. The zero-order chi connectivity index (χ0) is 25.4. The molecule has 0 aromatic rings. The number of carbonyl (C=O) groups excluding carboxylic acids is 1. The van der Waals surface area contributed by atoms with Crippen molar-refractivity contribution in [2.24, 2.45) is 0 Å². The first kappa shape index (κ1) is 33.2. The summed E-state index contributed by atoms with van der Waals surface area (Å²) in [5.41, 5.74) is 0. The van der Waals surface area contributed by atoms with Crippen molar-refractivity contribution in [1.82, 2.24) is 9.80 Å². The summed E-state index contributed by atoms with van der Waals surface area (Å²) >= 11 is 0. The molecule has 0 bridgehead atoms. The van der Waals surface area contributed by atoms with E-state index in [-0.39, 0.29) is 12.2 Å². The summed E-state index contributed by atoms with van der Waals surface area (Å²) in [4.78, 5) is 17.6. The normalized spacial score (nSPS) is 13.4. The van der Waals surface area contributed by atoms with Crippen molar-refractivity contribution in [3.05, 3.63) is 0 Å². The third kappa shape index (κ3) is 18.5. The molecule has 0 amide bonds. The molecule has 204 valence electrons. The van der Waals surface area contributed by atoms with Crippen molar-refractivity contribution in [2.75, 3.05) is 39.3 Å². The fourth-order valence-electron chi connectivity index (χ4n) is 4.28. The molecule has 0 aliphatic heterocycles. The number of hydrogen-bond acceptors (Lipinski definition) is 5. The van der Waals surface area contributed by atoms with E-state index in [0.29, 0.717) is 0 Å². The number of unbranched alkanes of at least 4 members (excludes halogenated alkanes) is 4. The molecule has 0 aliphatic rings. The van der Waals surface area contributed by atoms with Gasteiger partial charge in [-0.05, 0) is 103 Å². The van der Waals surface area contributed by atoms with Gasteiger partial charge in [0, 0.05) is 0 Å². The van der Waals surface area contributed by atoms with Crippen molar-refractivity contribution in [3.8, 4) is 0 Å². The summed E-state index contributed by atoms with van der Waals surface area (Å²) in [5.74, 6) is 0. The molecule has 0 aromatic carbocycles. The van der Waals surface area contributed by atoms with E-state index in [0.717, 1.165) is 51.6 Å². The Kier molecular flexibility index (Phi) is 23.3. The number of carbonyl (C=O) groups is 1. The Balaban J connectivity index is 4.36. The van der Waals surface area contributed by atoms with Crippen molar-refractivity contribution < 1.29 is 14.3 Å². The van der Waals surface area contributed by atoms with Gasteiger partial charge in [-0.3, -0.25) is 0 Å². The van der Waals surface area contributed by atoms with Crippen LogP contribution in [0.1, 0.15) is 131 Å². The van der Waals surface area contributed by atoms with Gasteiger partial charge in [0.25, 0.3) is 0 Å². The molecular formula is C29H60N2O3. The maximum absolute atomic E-state index is 12.5. The summed E-state index contributed by atoms with van der Waals surface area (Å²) in [7, 11) is 0. The molecule has 0 rings (SSSR count). The van der Waals surface area contributed by atoms with Crippen molar-refractivity contribution >= 4 is 6.16 Å². The smallest absolute Gasteiger partial charge is 0.431 e. The average Bonchev–Trinajstić information content (AvgIpc) is 2.84. The predicted molar refractivity (Wildman–Crippen MR) is 147 cm³/mol. The van der Waals surface area contributed by atoms with Crippen LogP contribution < -0.4 is 0 Å². The van der Waals surface area contributed by atoms with Crippen molar-refractivity contribution in [3.63, 3.8) is 0 Å². The van der Waals surface area contributed by atoms with Crippen LogP contribution in [0.15, 0.2) is 0 Å². The fraction of sp³-hybridized carbons (Fsp3) is 0.966. The topological polar surface area (TPSA) is 42.0 Å². The minimum Gasteiger partial charge on any atom is -0.431 e. The molecule has 0 saturated heterocycles. The second-order valence-corrected chi connectivity index (χ2v) is 9.93. The van der Waals surface area contributed by atoms with E-state index in [9.17, 15) is 4.79 Å². The summed E-state index contributed by atoms with van der Waals surface area (Å²) in [6.45, 7) is 20.1. The quantitative estimate of drug-likeness (QED) is 0.130. The zero-order valence-electron chi connectivity index (χ0n) is 23.9. The van der Waals surface area contributed by atoms with Gasteiger partial charge in [0.1, 0.15) is 12.2 Å². The van der Waals surface area contributed by atoms with Gasteiger partial charge in [0.15, 0.2) is 0 Å². The van der Waals surface area contributed by atoms with Gasteiger partial charge in [-0.1, -0.05) is 67.2 Å². The minimum absolute atomic E-state index is 0.0391. The van der Waals surface area contributed by atoms with E-state index in [1.165, 1.54) is 77.5 Å².